The summed E-state index contributed by atoms with van der Waals surface area (Å²) in [5.74, 6) is 0.831. The van der Waals surface area contributed by atoms with Gasteiger partial charge in [-0.2, -0.15) is 0 Å². The highest BCUT2D eigenvalue weighted by Gasteiger charge is 2.50. The fraction of sp³-hybridized carbons (Fsp3) is 0.100. The molecular weight excluding hydrogens is 453 g/mol. The summed E-state index contributed by atoms with van der Waals surface area (Å²) in [5.41, 5.74) is 2.74. The van der Waals surface area contributed by atoms with Gasteiger partial charge in [0.2, 0.25) is 0 Å². The second kappa shape index (κ2) is 11.3. The number of hydrogen-bond acceptors (Lipinski definition) is 2. The largest absolute Gasteiger partial charge is 0.292 e. The Kier molecular flexibility index (Phi) is 8.00. The second-order valence-electron chi connectivity index (χ2n) is 7.96. The third-order valence-electron chi connectivity index (χ3n) is 5.71. The van der Waals surface area contributed by atoms with Crippen molar-refractivity contribution in [2.24, 2.45) is 0 Å². The first kappa shape index (κ1) is 24.0. The van der Waals surface area contributed by atoms with E-state index in [0.29, 0.717) is 5.56 Å². The lowest BCUT2D eigenvalue weighted by Crippen LogP contribution is -2.38. The van der Waals surface area contributed by atoms with Crippen molar-refractivity contribution < 1.29 is 4.79 Å². The van der Waals surface area contributed by atoms with Crippen molar-refractivity contribution in [1.82, 2.24) is 5.32 Å². The molecule has 0 saturated carbocycles. The summed E-state index contributed by atoms with van der Waals surface area (Å²) in [6, 6.07) is 39.5. The van der Waals surface area contributed by atoms with Crippen LogP contribution in [-0.4, -0.2) is 11.7 Å². The van der Waals surface area contributed by atoms with Gasteiger partial charge < -0.3 is 0 Å². The lowest BCUT2D eigenvalue weighted by molar-refractivity contribution is 0.0968. The smallest absolute Gasteiger partial charge is 0.258 e. The average molecular weight is 483 g/mol. The molecule has 0 atom stereocenters. The van der Waals surface area contributed by atoms with Gasteiger partial charge in [0.25, 0.3) is 5.91 Å². The zero-order valence-electron chi connectivity index (χ0n) is 19.5. The molecule has 0 aliphatic carbocycles. The van der Waals surface area contributed by atoms with E-state index in [4.69, 9.17) is 0 Å². The molecule has 0 bridgehead atoms. The fourth-order valence-electron chi connectivity index (χ4n) is 4.07. The maximum absolute atomic E-state index is 13.5. The molecule has 4 aromatic carbocycles. The monoisotopic (exact) mass is 482 g/mol. The summed E-state index contributed by atoms with van der Waals surface area (Å²) in [4.78, 5) is 13.5. The molecule has 0 aliphatic heterocycles. The lowest BCUT2D eigenvalue weighted by Gasteiger charge is -2.29. The molecule has 170 valence electrons. The van der Waals surface area contributed by atoms with Crippen LogP contribution in [0.15, 0.2) is 126 Å². The molecule has 0 saturated heterocycles. The van der Waals surface area contributed by atoms with Gasteiger partial charge in [0.15, 0.2) is 12.7 Å². The molecule has 1 N–H and O–H groups in total. The van der Waals surface area contributed by atoms with Crippen molar-refractivity contribution in [1.29, 1.82) is 0 Å². The van der Waals surface area contributed by atoms with Gasteiger partial charge in [-0.1, -0.05) is 79.2 Å². The Hall–Kier alpha value is -3.13. The Morgan fingerprint density at radius 2 is 1.18 bits per heavy atom. The number of hydrogen-bond donors (Lipinski definition) is 1. The zero-order chi connectivity index (χ0) is 23.8. The predicted octanol–water partition coefficient (Wildman–Crippen LogP) is 6.27. The van der Waals surface area contributed by atoms with Crippen LogP contribution in [0.2, 0.25) is 0 Å². The van der Waals surface area contributed by atoms with E-state index in [0.717, 1.165) is 16.8 Å². The SMILES string of the molecule is CCSC=C(NC(=O)c1ccc(C)cc1)[P+](c1ccccc1)(c1ccccc1)c1ccccc1. The molecule has 4 aromatic rings. The molecule has 0 heterocycles. The summed E-state index contributed by atoms with van der Waals surface area (Å²) in [7, 11) is -2.37. The van der Waals surface area contributed by atoms with Crippen LogP contribution in [-0.2, 0) is 0 Å². The van der Waals surface area contributed by atoms with Gasteiger partial charge in [0.05, 0.1) is 0 Å². The van der Waals surface area contributed by atoms with Crippen LogP contribution < -0.4 is 21.2 Å². The van der Waals surface area contributed by atoms with Crippen LogP contribution in [0.5, 0.6) is 0 Å². The Morgan fingerprint density at radius 3 is 1.59 bits per heavy atom. The molecule has 0 unspecified atom stereocenters. The Labute approximate surface area is 207 Å². The second-order valence-corrected chi connectivity index (χ2v) is 12.5. The van der Waals surface area contributed by atoms with Crippen molar-refractivity contribution >= 4 is 40.8 Å². The maximum atomic E-state index is 13.5. The average Bonchev–Trinajstić information content (AvgIpc) is 2.90. The number of benzene rings is 4. The van der Waals surface area contributed by atoms with Crippen LogP contribution in [0.3, 0.4) is 0 Å². The van der Waals surface area contributed by atoms with Crippen molar-refractivity contribution in [3.05, 3.63) is 137 Å². The molecular formula is C30H29NOPS+. The number of rotatable bonds is 8. The molecule has 4 heteroatoms. The van der Waals surface area contributed by atoms with E-state index in [9.17, 15) is 4.79 Å². The summed E-state index contributed by atoms with van der Waals surface area (Å²) in [6.07, 6.45) is 0. The summed E-state index contributed by atoms with van der Waals surface area (Å²) < 4.78 is 0. The van der Waals surface area contributed by atoms with E-state index in [2.05, 4.69) is 90.4 Å². The van der Waals surface area contributed by atoms with Crippen LogP contribution in [0, 0.1) is 6.92 Å². The van der Waals surface area contributed by atoms with Crippen molar-refractivity contribution in [2.75, 3.05) is 5.75 Å². The fourth-order valence-corrected chi connectivity index (χ4v) is 9.16. The zero-order valence-corrected chi connectivity index (χ0v) is 21.2. The van der Waals surface area contributed by atoms with E-state index in [-0.39, 0.29) is 5.91 Å². The van der Waals surface area contributed by atoms with E-state index in [1.807, 2.05) is 49.4 Å². The number of thioether (sulfide) groups is 1. The number of carbonyl (C=O) groups excluding carboxylic acids is 1. The Morgan fingerprint density at radius 1 is 0.735 bits per heavy atom. The number of aryl methyl sites for hydroxylation is 1. The first-order chi connectivity index (χ1) is 16.7. The third kappa shape index (κ3) is 5.01. The van der Waals surface area contributed by atoms with Gasteiger partial charge in [0.1, 0.15) is 15.9 Å². The minimum absolute atomic E-state index is 0.0879. The molecule has 0 aromatic heterocycles. The van der Waals surface area contributed by atoms with Crippen LogP contribution in [0.25, 0.3) is 0 Å². The Bertz CT molecular complexity index is 1140. The van der Waals surface area contributed by atoms with E-state index < -0.39 is 7.26 Å². The standard InChI is InChI=1S/C30H28NOPS/c1-3-34-23-29(31-30(32)25-21-19-24(2)20-22-25)33(26-13-7-4-8-14-26,27-15-9-5-10-16-27)28-17-11-6-12-18-28/h4-23H,3H2,1-2H3/p+1. The topological polar surface area (TPSA) is 29.1 Å². The minimum atomic E-state index is -2.37. The van der Waals surface area contributed by atoms with Crippen molar-refractivity contribution in [2.45, 2.75) is 13.8 Å². The van der Waals surface area contributed by atoms with Crippen molar-refractivity contribution in [3.8, 4) is 0 Å². The molecule has 0 aliphatic rings. The highest BCUT2D eigenvalue weighted by Crippen LogP contribution is 2.61. The van der Waals surface area contributed by atoms with E-state index in [1.165, 1.54) is 15.9 Å². The number of nitrogens with one attached hydrogen (secondary N) is 1. The van der Waals surface area contributed by atoms with Gasteiger partial charge >= 0.3 is 0 Å². The number of carbonyl (C=O) groups is 1. The molecule has 2 nitrogen and oxygen atoms in total. The van der Waals surface area contributed by atoms with Gasteiger partial charge in [-0.05, 0) is 61.2 Å². The molecule has 0 fully saturated rings. The predicted molar refractivity (Wildman–Crippen MR) is 150 cm³/mol. The molecule has 1 amide bonds. The van der Waals surface area contributed by atoms with Crippen LogP contribution in [0.1, 0.15) is 22.8 Å². The minimum Gasteiger partial charge on any atom is -0.292 e. The van der Waals surface area contributed by atoms with Crippen molar-refractivity contribution in [3.63, 3.8) is 0 Å². The first-order valence-corrected chi connectivity index (χ1v) is 14.3. The van der Waals surface area contributed by atoms with Gasteiger partial charge in [-0.15, -0.1) is 11.8 Å². The van der Waals surface area contributed by atoms with E-state index >= 15 is 0 Å². The Balaban J connectivity index is 1.97. The summed E-state index contributed by atoms with van der Waals surface area (Å²) in [6.45, 7) is 4.16. The summed E-state index contributed by atoms with van der Waals surface area (Å²) in [5, 5.41) is 9.16. The normalized spacial score (nSPS) is 11.8. The molecule has 4 rings (SSSR count). The molecule has 34 heavy (non-hydrogen) atoms. The van der Waals surface area contributed by atoms with Crippen LogP contribution >= 0.6 is 19.0 Å². The van der Waals surface area contributed by atoms with Gasteiger partial charge in [-0.3, -0.25) is 10.1 Å². The maximum Gasteiger partial charge on any atom is 0.258 e. The van der Waals surface area contributed by atoms with Crippen LogP contribution in [0.4, 0.5) is 0 Å². The molecule has 0 radical (unpaired) electrons. The molecule has 0 spiro atoms. The highest BCUT2D eigenvalue weighted by atomic mass is 32.2. The number of amides is 1. The first-order valence-electron chi connectivity index (χ1n) is 11.4. The quantitative estimate of drug-likeness (QED) is 0.300. The lowest BCUT2D eigenvalue weighted by atomic mass is 10.1. The van der Waals surface area contributed by atoms with E-state index in [1.54, 1.807) is 11.8 Å². The van der Waals surface area contributed by atoms with Gasteiger partial charge in [0, 0.05) is 11.0 Å². The highest BCUT2D eigenvalue weighted by molar-refractivity contribution is 8.04. The van der Waals surface area contributed by atoms with Gasteiger partial charge in [-0.25, -0.2) is 0 Å². The third-order valence-corrected chi connectivity index (χ3v) is 10.8. The summed E-state index contributed by atoms with van der Waals surface area (Å²) >= 11 is 1.72.